The van der Waals surface area contributed by atoms with Gasteiger partial charge in [0, 0.05) is 17.7 Å². The van der Waals surface area contributed by atoms with E-state index in [1.54, 1.807) is 26.0 Å². The molecule has 1 radical (unpaired) electrons. The number of nitrogens with zero attached hydrogens (tertiary/aromatic N) is 3. The maximum atomic E-state index is 11.5. The minimum atomic E-state index is -0.824. The van der Waals surface area contributed by atoms with Crippen LogP contribution in [0.25, 0.3) is 0 Å². The molecule has 1 amide bonds. The van der Waals surface area contributed by atoms with E-state index in [-0.39, 0.29) is 11.6 Å². The van der Waals surface area contributed by atoms with Crippen LogP contribution in [-0.4, -0.2) is 16.5 Å². The van der Waals surface area contributed by atoms with E-state index in [2.05, 4.69) is 10.5 Å². The van der Waals surface area contributed by atoms with E-state index in [0.29, 0.717) is 11.3 Å². The summed E-state index contributed by atoms with van der Waals surface area (Å²) >= 11 is 0. The number of non-ortho nitro benzene ring substituents is 1. The molecule has 1 aliphatic heterocycles. The van der Waals surface area contributed by atoms with E-state index < -0.39 is 10.3 Å². The Morgan fingerprint density at radius 1 is 1.35 bits per heavy atom. The fourth-order valence-corrected chi connectivity index (χ4v) is 1.63. The zero-order valence-corrected chi connectivity index (χ0v) is 9.38. The first-order valence-electron chi connectivity index (χ1n) is 5.01. The van der Waals surface area contributed by atoms with E-state index in [9.17, 15) is 14.9 Å². The molecule has 1 heterocycles. The van der Waals surface area contributed by atoms with Gasteiger partial charge in [-0.2, -0.15) is 5.10 Å². The van der Waals surface area contributed by atoms with E-state index >= 15 is 0 Å². The number of carbonyl (C=O) groups is 1. The average Bonchev–Trinajstić information content (AvgIpc) is 2.54. The average molecular weight is 232 g/mol. The molecule has 17 heavy (non-hydrogen) atoms. The van der Waals surface area contributed by atoms with Gasteiger partial charge in [-0.15, -0.1) is 5.43 Å². The van der Waals surface area contributed by atoms with Gasteiger partial charge in [0.2, 0.25) is 0 Å². The molecule has 0 aromatic heterocycles. The Kier molecular flexibility index (Phi) is 2.42. The van der Waals surface area contributed by atoms with Crippen LogP contribution in [0.4, 0.5) is 5.69 Å². The van der Waals surface area contributed by atoms with Crippen molar-refractivity contribution < 1.29 is 9.72 Å². The van der Waals surface area contributed by atoms with Crippen LogP contribution in [0.1, 0.15) is 19.4 Å². The molecule has 0 unspecified atom stereocenters. The van der Waals surface area contributed by atoms with Crippen LogP contribution < -0.4 is 5.43 Å². The van der Waals surface area contributed by atoms with Gasteiger partial charge in [0.05, 0.1) is 16.0 Å². The van der Waals surface area contributed by atoms with Gasteiger partial charge >= 0.3 is 0 Å². The fraction of sp³-hybridized carbons (Fsp3) is 0.273. The van der Waals surface area contributed by atoms with E-state index in [4.69, 9.17) is 0 Å². The van der Waals surface area contributed by atoms with Crippen molar-refractivity contribution in [1.82, 2.24) is 5.43 Å². The van der Waals surface area contributed by atoms with Crippen LogP contribution in [0.3, 0.4) is 0 Å². The monoisotopic (exact) mass is 232 g/mol. The van der Waals surface area contributed by atoms with Gasteiger partial charge < -0.3 is 0 Å². The predicted molar refractivity (Wildman–Crippen MR) is 60.6 cm³/mol. The van der Waals surface area contributed by atoms with E-state index in [1.807, 2.05) is 0 Å². The molecule has 87 valence electrons. The Morgan fingerprint density at radius 2 is 2.06 bits per heavy atom. The Morgan fingerprint density at radius 3 is 2.59 bits per heavy atom. The number of nitro benzene ring substituents is 1. The van der Waals surface area contributed by atoms with Gasteiger partial charge in [0.1, 0.15) is 0 Å². The quantitative estimate of drug-likeness (QED) is 0.571. The van der Waals surface area contributed by atoms with Crippen molar-refractivity contribution in [2.75, 3.05) is 0 Å². The van der Waals surface area contributed by atoms with Crippen molar-refractivity contribution in [2.24, 2.45) is 10.5 Å². The lowest BCUT2D eigenvalue weighted by atomic mass is 9.84. The van der Waals surface area contributed by atoms with Crippen LogP contribution in [-0.2, 0) is 4.79 Å². The zero-order valence-electron chi connectivity index (χ0n) is 9.38. The predicted octanol–water partition coefficient (Wildman–Crippen LogP) is 1.47. The number of hydrogen-bond acceptors (Lipinski definition) is 4. The normalized spacial score (nSPS) is 17.5. The third-order valence-corrected chi connectivity index (χ3v) is 2.70. The van der Waals surface area contributed by atoms with Crippen molar-refractivity contribution in [3.8, 4) is 0 Å². The molecule has 0 bridgehead atoms. The highest BCUT2D eigenvalue weighted by Crippen LogP contribution is 2.29. The van der Waals surface area contributed by atoms with Gasteiger partial charge in [-0.05, 0) is 13.8 Å². The summed E-state index contributed by atoms with van der Waals surface area (Å²) in [6, 6.07) is 6.04. The second-order valence-electron chi connectivity index (χ2n) is 4.29. The van der Waals surface area contributed by atoms with Crippen molar-refractivity contribution in [3.05, 3.63) is 39.9 Å². The zero-order chi connectivity index (χ0) is 12.6. The second kappa shape index (κ2) is 3.65. The lowest BCUT2D eigenvalue weighted by Crippen LogP contribution is -2.30. The highest BCUT2D eigenvalue weighted by atomic mass is 16.6. The van der Waals surface area contributed by atoms with E-state index in [1.165, 1.54) is 12.1 Å². The van der Waals surface area contributed by atoms with Crippen LogP contribution >= 0.6 is 0 Å². The molecular formula is C11H10N3O3. The molecule has 1 aliphatic rings. The summed E-state index contributed by atoms with van der Waals surface area (Å²) in [5.74, 6) is -0.334. The van der Waals surface area contributed by atoms with Gasteiger partial charge in [0.25, 0.3) is 11.6 Å². The summed E-state index contributed by atoms with van der Waals surface area (Å²) in [7, 11) is 0. The van der Waals surface area contributed by atoms with Crippen molar-refractivity contribution in [1.29, 1.82) is 0 Å². The molecule has 6 nitrogen and oxygen atoms in total. The Hall–Kier alpha value is -2.24. The lowest BCUT2D eigenvalue weighted by Gasteiger charge is -2.15. The minimum absolute atomic E-state index is 0.0275. The summed E-state index contributed by atoms with van der Waals surface area (Å²) in [5, 5.41) is 14.5. The number of rotatable bonds is 2. The maximum absolute atomic E-state index is 11.5. The largest absolute Gasteiger partial charge is 0.276 e. The van der Waals surface area contributed by atoms with Crippen LogP contribution in [0.5, 0.6) is 0 Å². The minimum Gasteiger partial charge on any atom is -0.270 e. The molecule has 6 heteroatoms. The highest BCUT2D eigenvalue weighted by molar-refractivity contribution is 6.19. The first-order valence-corrected chi connectivity index (χ1v) is 5.01. The Balaban J connectivity index is 2.46. The number of amides is 1. The topological polar surface area (TPSA) is 86.7 Å². The maximum Gasteiger partial charge on any atom is 0.276 e. The standard InChI is InChI=1S/C11H10N3O3/c1-11(2)9(12-13-10(11)15)7-4-3-5-8(6-7)14(16)17/h3-6H,1-2H3. The summed E-state index contributed by atoms with van der Waals surface area (Å²) < 4.78 is 0. The number of nitro groups is 1. The Bertz CT molecular complexity index is 535. The van der Waals surface area contributed by atoms with Gasteiger partial charge in [-0.3, -0.25) is 14.9 Å². The molecule has 1 aromatic rings. The van der Waals surface area contributed by atoms with Gasteiger partial charge in [0.15, 0.2) is 0 Å². The molecule has 1 aromatic carbocycles. The summed E-state index contributed by atoms with van der Waals surface area (Å²) in [4.78, 5) is 21.7. The molecule has 0 fully saturated rings. The second-order valence-corrected chi connectivity index (χ2v) is 4.29. The molecule has 0 saturated heterocycles. The van der Waals surface area contributed by atoms with Crippen LogP contribution in [0.2, 0.25) is 0 Å². The molecule has 0 aliphatic carbocycles. The summed E-state index contributed by atoms with van der Waals surface area (Å²) in [5.41, 5.74) is 3.67. The van der Waals surface area contributed by atoms with Crippen LogP contribution in [0, 0.1) is 15.5 Å². The third kappa shape index (κ3) is 1.77. The molecular weight excluding hydrogens is 222 g/mol. The lowest BCUT2D eigenvalue weighted by molar-refractivity contribution is -0.384. The number of hydrogen-bond donors (Lipinski definition) is 0. The van der Waals surface area contributed by atoms with Gasteiger partial charge in [-0.1, -0.05) is 12.1 Å². The molecule has 0 N–H and O–H groups in total. The molecule has 0 saturated carbocycles. The highest BCUT2D eigenvalue weighted by Gasteiger charge is 2.40. The Labute approximate surface area is 97.5 Å². The molecule has 0 spiro atoms. The summed E-state index contributed by atoms with van der Waals surface area (Å²) in [6.07, 6.45) is 0. The third-order valence-electron chi connectivity index (χ3n) is 2.70. The van der Waals surface area contributed by atoms with Crippen molar-refractivity contribution >= 4 is 17.3 Å². The first kappa shape index (κ1) is 11.3. The van der Waals surface area contributed by atoms with E-state index in [0.717, 1.165) is 0 Å². The van der Waals surface area contributed by atoms with Crippen molar-refractivity contribution in [3.63, 3.8) is 0 Å². The molecule has 2 rings (SSSR count). The smallest absolute Gasteiger partial charge is 0.270 e. The fourth-order valence-electron chi connectivity index (χ4n) is 1.63. The number of benzene rings is 1. The van der Waals surface area contributed by atoms with Gasteiger partial charge in [-0.25, -0.2) is 0 Å². The first-order chi connectivity index (χ1) is 7.93. The van der Waals surface area contributed by atoms with Crippen LogP contribution in [0.15, 0.2) is 29.4 Å². The number of carbonyl (C=O) groups excluding carboxylic acids is 1. The summed E-state index contributed by atoms with van der Waals surface area (Å²) in [6.45, 7) is 3.40. The molecule has 0 atom stereocenters. The van der Waals surface area contributed by atoms with Crippen molar-refractivity contribution in [2.45, 2.75) is 13.8 Å². The SMILES string of the molecule is CC1(C)C(=O)[N]N=C1c1cccc([N+](=O)[O-])c1.